The lowest BCUT2D eigenvalue weighted by molar-refractivity contribution is 0.601. The van der Waals surface area contributed by atoms with Gasteiger partial charge in [0.2, 0.25) is 0 Å². The topological polar surface area (TPSA) is 60.2 Å². The second-order valence-corrected chi connectivity index (χ2v) is 6.78. The molecule has 88 valence electrons. The molecule has 1 aliphatic rings. The van der Waals surface area contributed by atoms with Crippen LogP contribution in [0.1, 0.15) is 36.4 Å². The zero-order valence-electron chi connectivity index (χ0n) is 9.39. The fraction of sp³-hybridized carbons (Fsp3) is 0.500. The van der Waals surface area contributed by atoms with Gasteiger partial charge in [0.25, 0.3) is 0 Å². The predicted octanol–water partition coefficient (Wildman–Crippen LogP) is 1.61. The second kappa shape index (κ2) is 4.18. The molecule has 0 amide bonds. The van der Waals surface area contributed by atoms with Crippen LogP contribution in [0, 0.1) is 0 Å². The Hall–Kier alpha value is -0.870. The van der Waals surface area contributed by atoms with Crippen molar-refractivity contribution in [3.05, 3.63) is 35.4 Å². The van der Waals surface area contributed by atoms with Gasteiger partial charge in [-0.25, -0.2) is 8.42 Å². The maximum atomic E-state index is 11.4. The second-order valence-electron chi connectivity index (χ2n) is 4.56. The van der Waals surface area contributed by atoms with Gasteiger partial charge in [0, 0.05) is 6.04 Å². The molecule has 4 heteroatoms. The highest BCUT2D eigenvalue weighted by atomic mass is 32.2. The number of sulfone groups is 1. The largest absolute Gasteiger partial charge is 0.324 e. The van der Waals surface area contributed by atoms with E-state index in [0.717, 1.165) is 17.5 Å². The van der Waals surface area contributed by atoms with Crippen LogP contribution in [0.25, 0.3) is 0 Å². The van der Waals surface area contributed by atoms with Gasteiger partial charge in [-0.15, -0.1) is 0 Å². The van der Waals surface area contributed by atoms with Crippen LogP contribution in [0.5, 0.6) is 0 Å². The number of hydrogen-bond donors (Lipinski definition) is 1. The molecular formula is C12H17NO2S. The molecule has 3 nitrogen and oxygen atoms in total. The SMILES string of the molecule is C[C@@H](N)c1ccc([C@H]2CCS(=O)(=O)C2)cc1. The molecule has 1 heterocycles. The molecule has 2 N–H and O–H groups in total. The van der Waals surface area contributed by atoms with Gasteiger partial charge >= 0.3 is 0 Å². The lowest BCUT2D eigenvalue weighted by Gasteiger charge is -2.10. The smallest absolute Gasteiger partial charge is 0.150 e. The van der Waals surface area contributed by atoms with Crippen LogP contribution in [0.3, 0.4) is 0 Å². The Kier molecular flexibility index (Phi) is 3.04. The first-order valence-corrected chi connectivity index (χ1v) is 7.36. The molecule has 1 aliphatic heterocycles. The van der Waals surface area contributed by atoms with Crippen molar-refractivity contribution < 1.29 is 8.42 Å². The molecule has 0 radical (unpaired) electrons. The van der Waals surface area contributed by atoms with E-state index in [9.17, 15) is 8.42 Å². The molecule has 16 heavy (non-hydrogen) atoms. The lowest BCUT2D eigenvalue weighted by Crippen LogP contribution is -2.06. The highest BCUT2D eigenvalue weighted by Gasteiger charge is 2.28. The monoisotopic (exact) mass is 239 g/mol. The van der Waals surface area contributed by atoms with E-state index in [0.29, 0.717) is 11.5 Å². The van der Waals surface area contributed by atoms with Crippen LogP contribution in [0.15, 0.2) is 24.3 Å². The summed E-state index contributed by atoms with van der Waals surface area (Å²) in [4.78, 5) is 0. The van der Waals surface area contributed by atoms with Crippen LogP contribution in [0.2, 0.25) is 0 Å². The van der Waals surface area contributed by atoms with Crippen LogP contribution in [0.4, 0.5) is 0 Å². The predicted molar refractivity (Wildman–Crippen MR) is 65.1 cm³/mol. The number of benzene rings is 1. The minimum atomic E-state index is -2.79. The Bertz CT molecular complexity index is 462. The highest BCUT2D eigenvalue weighted by molar-refractivity contribution is 7.91. The van der Waals surface area contributed by atoms with Crippen molar-refractivity contribution in [2.24, 2.45) is 5.73 Å². The fourth-order valence-corrected chi connectivity index (χ4v) is 3.91. The van der Waals surface area contributed by atoms with Crippen molar-refractivity contribution >= 4 is 9.84 Å². The molecule has 0 spiro atoms. The molecule has 1 aromatic rings. The van der Waals surface area contributed by atoms with Gasteiger partial charge in [0.05, 0.1) is 11.5 Å². The van der Waals surface area contributed by atoms with E-state index < -0.39 is 9.84 Å². The zero-order valence-corrected chi connectivity index (χ0v) is 10.2. The Labute approximate surface area is 96.6 Å². The summed E-state index contributed by atoms with van der Waals surface area (Å²) in [5, 5.41) is 0. The average molecular weight is 239 g/mol. The van der Waals surface area contributed by atoms with E-state index in [1.807, 2.05) is 31.2 Å². The van der Waals surface area contributed by atoms with E-state index in [1.54, 1.807) is 0 Å². The van der Waals surface area contributed by atoms with Crippen molar-refractivity contribution in [3.63, 3.8) is 0 Å². The minimum Gasteiger partial charge on any atom is -0.324 e. The lowest BCUT2D eigenvalue weighted by atomic mass is 9.96. The third-order valence-electron chi connectivity index (χ3n) is 3.17. The Morgan fingerprint density at radius 3 is 2.38 bits per heavy atom. The van der Waals surface area contributed by atoms with Gasteiger partial charge in [0.1, 0.15) is 0 Å². The molecule has 0 unspecified atom stereocenters. The van der Waals surface area contributed by atoms with Crippen molar-refractivity contribution in [3.8, 4) is 0 Å². The highest BCUT2D eigenvalue weighted by Crippen LogP contribution is 2.29. The van der Waals surface area contributed by atoms with Crippen molar-refractivity contribution in [1.29, 1.82) is 0 Å². The molecule has 0 aromatic heterocycles. The van der Waals surface area contributed by atoms with E-state index in [-0.39, 0.29) is 12.0 Å². The Morgan fingerprint density at radius 2 is 1.94 bits per heavy atom. The van der Waals surface area contributed by atoms with Crippen molar-refractivity contribution in [2.75, 3.05) is 11.5 Å². The molecular weight excluding hydrogens is 222 g/mol. The summed E-state index contributed by atoms with van der Waals surface area (Å²) in [6.45, 7) is 1.94. The number of rotatable bonds is 2. The van der Waals surface area contributed by atoms with Gasteiger partial charge < -0.3 is 5.73 Å². The maximum Gasteiger partial charge on any atom is 0.150 e. The maximum absolute atomic E-state index is 11.4. The zero-order chi connectivity index (χ0) is 11.8. The Balaban J connectivity index is 2.17. The van der Waals surface area contributed by atoms with Crippen LogP contribution in [-0.2, 0) is 9.84 Å². The molecule has 2 atom stereocenters. The van der Waals surface area contributed by atoms with Crippen molar-refractivity contribution in [2.45, 2.75) is 25.3 Å². The average Bonchev–Trinajstić information content (AvgIpc) is 2.59. The molecule has 1 aromatic carbocycles. The summed E-state index contributed by atoms with van der Waals surface area (Å²) in [6, 6.07) is 8.02. The summed E-state index contributed by atoms with van der Waals surface area (Å²) in [5.74, 6) is 0.796. The fourth-order valence-electron chi connectivity index (χ4n) is 2.13. The molecule has 1 saturated heterocycles. The summed E-state index contributed by atoms with van der Waals surface area (Å²) in [7, 11) is -2.79. The Morgan fingerprint density at radius 1 is 1.31 bits per heavy atom. The first-order valence-electron chi connectivity index (χ1n) is 5.54. The first kappa shape index (κ1) is 11.6. The van der Waals surface area contributed by atoms with Gasteiger partial charge in [-0.3, -0.25) is 0 Å². The first-order chi connectivity index (χ1) is 7.48. The molecule has 1 fully saturated rings. The summed E-state index contributed by atoms with van der Waals surface area (Å²) < 4.78 is 22.7. The van der Waals surface area contributed by atoms with Crippen LogP contribution >= 0.6 is 0 Å². The summed E-state index contributed by atoms with van der Waals surface area (Å²) in [5.41, 5.74) is 7.97. The van der Waals surface area contributed by atoms with E-state index >= 15 is 0 Å². The normalized spacial score (nSPS) is 25.5. The van der Waals surface area contributed by atoms with E-state index in [4.69, 9.17) is 5.73 Å². The van der Waals surface area contributed by atoms with Gasteiger partial charge in [0.15, 0.2) is 9.84 Å². The van der Waals surface area contributed by atoms with Gasteiger partial charge in [-0.1, -0.05) is 24.3 Å². The standard InChI is InChI=1S/C12H17NO2S/c1-9(13)10-2-4-11(5-3-10)12-6-7-16(14,15)8-12/h2-5,9,12H,6-8,13H2,1H3/t9-,12+/m1/s1. The van der Waals surface area contributed by atoms with Crippen molar-refractivity contribution in [1.82, 2.24) is 0 Å². The van der Waals surface area contributed by atoms with Crippen LogP contribution < -0.4 is 5.73 Å². The molecule has 0 saturated carbocycles. The third kappa shape index (κ3) is 2.44. The van der Waals surface area contributed by atoms with E-state index in [2.05, 4.69) is 0 Å². The molecule has 0 bridgehead atoms. The molecule has 2 rings (SSSR count). The van der Waals surface area contributed by atoms with Crippen LogP contribution in [-0.4, -0.2) is 19.9 Å². The summed E-state index contributed by atoms with van der Waals surface area (Å²) >= 11 is 0. The minimum absolute atomic E-state index is 0.0290. The quantitative estimate of drug-likeness (QED) is 0.853. The van der Waals surface area contributed by atoms with Gasteiger partial charge in [-0.05, 0) is 30.4 Å². The van der Waals surface area contributed by atoms with E-state index in [1.165, 1.54) is 0 Å². The summed E-state index contributed by atoms with van der Waals surface area (Å²) in [6.07, 6.45) is 0.750. The third-order valence-corrected chi connectivity index (χ3v) is 4.93. The van der Waals surface area contributed by atoms with Gasteiger partial charge in [-0.2, -0.15) is 0 Å². The molecule has 0 aliphatic carbocycles. The number of hydrogen-bond acceptors (Lipinski definition) is 3. The number of nitrogens with two attached hydrogens (primary N) is 1.